The monoisotopic (exact) mass is 502 g/mol. The predicted molar refractivity (Wildman–Crippen MR) is 135 cm³/mol. The van der Waals surface area contributed by atoms with Crippen LogP contribution in [0.1, 0.15) is 22.5 Å². The molecule has 0 radical (unpaired) electrons. The van der Waals surface area contributed by atoms with Gasteiger partial charge in [-0.15, -0.1) is 0 Å². The van der Waals surface area contributed by atoms with Crippen molar-refractivity contribution in [3.05, 3.63) is 77.1 Å². The van der Waals surface area contributed by atoms with Gasteiger partial charge in [0.1, 0.15) is 5.75 Å². The molecule has 0 aliphatic heterocycles. The summed E-state index contributed by atoms with van der Waals surface area (Å²) in [5.74, 6) is 1.41. The third kappa shape index (κ3) is 8.21. The zero-order valence-electron chi connectivity index (χ0n) is 19.4. The van der Waals surface area contributed by atoms with Crippen LogP contribution in [0.25, 0.3) is 0 Å². The van der Waals surface area contributed by atoms with Gasteiger partial charge in [0.15, 0.2) is 5.11 Å². The Balaban J connectivity index is 1.70. The smallest absolute Gasteiger partial charge is 0.416 e. The van der Waals surface area contributed by atoms with Crippen LogP contribution in [0.15, 0.2) is 59.6 Å². The first kappa shape index (κ1) is 25.9. The van der Waals surface area contributed by atoms with Crippen LogP contribution in [-0.4, -0.2) is 34.7 Å². The first-order valence-corrected chi connectivity index (χ1v) is 11.0. The molecule has 0 atom stereocenters. The molecule has 0 bridgehead atoms. The molecule has 3 aromatic rings. The van der Waals surface area contributed by atoms with E-state index in [9.17, 15) is 13.2 Å². The molecule has 2 aromatic carbocycles. The predicted octanol–water partition coefficient (Wildman–Crippen LogP) is 5.12. The summed E-state index contributed by atoms with van der Waals surface area (Å²) in [6.07, 6.45) is -3.75. The molecule has 0 aliphatic rings. The number of aliphatic imine (C=N–C) groups is 1. The van der Waals surface area contributed by atoms with E-state index in [0.29, 0.717) is 30.6 Å². The van der Waals surface area contributed by atoms with Crippen molar-refractivity contribution in [1.82, 2.24) is 15.3 Å². The Kier molecular flexibility index (Phi) is 8.58. The fourth-order valence-electron chi connectivity index (χ4n) is 3.10. The molecule has 0 saturated heterocycles. The highest BCUT2D eigenvalue weighted by molar-refractivity contribution is 7.80. The largest absolute Gasteiger partial charge is 0.497 e. The number of methoxy groups -OCH3 is 1. The molecule has 184 valence electrons. The number of ether oxygens (including phenoxy) is 1. The van der Waals surface area contributed by atoms with Crippen LogP contribution in [0.2, 0.25) is 0 Å². The number of aromatic nitrogens is 2. The number of hydrogen-bond donors (Lipinski definition) is 3. The maximum Gasteiger partial charge on any atom is 0.416 e. The maximum atomic E-state index is 12.8. The minimum Gasteiger partial charge on any atom is -0.497 e. The number of benzene rings is 2. The number of thiocarbonyl (C=S) groups is 1. The lowest BCUT2D eigenvalue weighted by Gasteiger charge is -2.15. The van der Waals surface area contributed by atoms with Crippen molar-refractivity contribution in [2.24, 2.45) is 4.99 Å². The van der Waals surface area contributed by atoms with Crippen LogP contribution in [0.3, 0.4) is 0 Å². The lowest BCUT2D eigenvalue weighted by Crippen LogP contribution is -2.39. The Morgan fingerprint density at radius 2 is 1.60 bits per heavy atom. The van der Waals surface area contributed by atoms with Crippen LogP contribution < -0.4 is 20.7 Å². The van der Waals surface area contributed by atoms with Crippen molar-refractivity contribution >= 4 is 34.9 Å². The lowest BCUT2D eigenvalue weighted by molar-refractivity contribution is -0.137. The average Bonchev–Trinajstić information content (AvgIpc) is 2.78. The summed E-state index contributed by atoms with van der Waals surface area (Å²) in [5.41, 5.74) is 2.29. The number of aryl methyl sites for hydroxylation is 2. The highest BCUT2D eigenvalue weighted by atomic mass is 32.1. The Morgan fingerprint density at radius 3 is 2.17 bits per heavy atom. The summed E-state index contributed by atoms with van der Waals surface area (Å²) >= 11 is 5.34. The summed E-state index contributed by atoms with van der Waals surface area (Å²) in [5, 5.41) is 8.97. The molecule has 0 spiro atoms. The number of nitrogens with one attached hydrogen (secondary N) is 3. The molecule has 0 amide bonds. The zero-order valence-corrected chi connectivity index (χ0v) is 20.2. The van der Waals surface area contributed by atoms with Crippen LogP contribution in [-0.2, 0) is 12.6 Å². The van der Waals surface area contributed by atoms with Gasteiger partial charge in [0.2, 0.25) is 11.9 Å². The van der Waals surface area contributed by atoms with E-state index in [1.807, 2.05) is 44.2 Å². The summed E-state index contributed by atoms with van der Waals surface area (Å²) < 4.78 is 43.6. The fourth-order valence-corrected chi connectivity index (χ4v) is 3.31. The van der Waals surface area contributed by atoms with Gasteiger partial charge in [-0.05, 0) is 80.5 Å². The van der Waals surface area contributed by atoms with Crippen LogP contribution >= 0.6 is 12.2 Å². The normalized spacial score (nSPS) is 11.7. The molecule has 11 heteroatoms. The molecule has 1 heterocycles. The summed E-state index contributed by atoms with van der Waals surface area (Å²) in [4.78, 5) is 13.3. The molecule has 7 nitrogen and oxygen atoms in total. The van der Waals surface area contributed by atoms with Gasteiger partial charge < -0.3 is 15.4 Å². The zero-order chi connectivity index (χ0) is 25.4. The topological polar surface area (TPSA) is 83.5 Å². The van der Waals surface area contributed by atoms with E-state index in [1.54, 1.807) is 7.11 Å². The second kappa shape index (κ2) is 11.6. The molecule has 1 aromatic heterocycles. The van der Waals surface area contributed by atoms with Gasteiger partial charge in [-0.2, -0.15) is 13.2 Å². The number of hydrogen-bond acceptors (Lipinski definition) is 5. The highest BCUT2D eigenvalue weighted by Gasteiger charge is 2.29. The number of nitrogens with zero attached hydrogens (tertiary/aromatic N) is 3. The Labute approximate surface area is 206 Å². The van der Waals surface area contributed by atoms with Crippen molar-refractivity contribution in [2.75, 3.05) is 24.3 Å². The van der Waals surface area contributed by atoms with E-state index in [4.69, 9.17) is 17.0 Å². The Bertz CT molecular complexity index is 1160. The van der Waals surface area contributed by atoms with Gasteiger partial charge in [0.05, 0.1) is 12.7 Å². The summed E-state index contributed by atoms with van der Waals surface area (Å²) in [6, 6.07) is 14.1. The maximum absolute atomic E-state index is 12.8. The number of halogens is 3. The van der Waals surface area contributed by atoms with E-state index in [-0.39, 0.29) is 5.11 Å². The second-order valence-electron chi connectivity index (χ2n) is 7.58. The molecule has 3 rings (SSSR count). The van der Waals surface area contributed by atoms with Crippen molar-refractivity contribution in [3.63, 3.8) is 0 Å². The molecular formula is C24H25F3N6OS. The van der Waals surface area contributed by atoms with Crippen molar-refractivity contribution in [2.45, 2.75) is 26.4 Å². The Morgan fingerprint density at radius 1 is 0.971 bits per heavy atom. The van der Waals surface area contributed by atoms with Gasteiger partial charge in [-0.1, -0.05) is 12.1 Å². The van der Waals surface area contributed by atoms with Crippen LogP contribution in [0, 0.1) is 13.8 Å². The third-order valence-corrected chi connectivity index (χ3v) is 4.95. The van der Waals surface area contributed by atoms with Gasteiger partial charge in [-0.3, -0.25) is 10.3 Å². The van der Waals surface area contributed by atoms with Gasteiger partial charge in [-0.25, -0.2) is 9.97 Å². The third-order valence-electron chi connectivity index (χ3n) is 4.74. The molecule has 0 saturated carbocycles. The molecule has 0 aliphatic carbocycles. The molecular weight excluding hydrogens is 477 g/mol. The Hall–Kier alpha value is -3.73. The first-order valence-electron chi connectivity index (χ1n) is 10.6. The SMILES string of the molecule is COc1ccc(CCN=C(NC(=S)Nc2ccc(C(F)(F)F)cc2)Nc2nc(C)cc(C)n2)cc1. The van der Waals surface area contributed by atoms with Crippen molar-refractivity contribution in [1.29, 1.82) is 0 Å². The molecule has 35 heavy (non-hydrogen) atoms. The number of rotatable bonds is 6. The van der Waals surface area contributed by atoms with E-state index in [0.717, 1.165) is 34.8 Å². The fraction of sp³-hybridized carbons (Fsp3) is 0.250. The van der Waals surface area contributed by atoms with Gasteiger partial charge >= 0.3 is 6.18 Å². The van der Waals surface area contributed by atoms with Crippen LogP contribution in [0.4, 0.5) is 24.8 Å². The van der Waals surface area contributed by atoms with Gasteiger partial charge in [0, 0.05) is 23.6 Å². The second-order valence-corrected chi connectivity index (χ2v) is 7.99. The van der Waals surface area contributed by atoms with E-state index < -0.39 is 11.7 Å². The van der Waals surface area contributed by atoms with Crippen molar-refractivity contribution < 1.29 is 17.9 Å². The molecule has 3 N–H and O–H groups in total. The van der Waals surface area contributed by atoms with E-state index in [2.05, 4.69) is 30.9 Å². The first-order chi connectivity index (χ1) is 16.6. The average molecular weight is 503 g/mol. The van der Waals surface area contributed by atoms with E-state index in [1.165, 1.54) is 12.1 Å². The summed E-state index contributed by atoms with van der Waals surface area (Å²) in [6.45, 7) is 4.13. The van der Waals surface area contributed by atoms with Crippen LogP contribution in [0.5, 0.6) is 5.75 Å². The molecule has 0 unspecified atom stereocenters. The standard InChI is InChI=1S/C24H25F3N6OS/c1-15-14-16(2)30-22(29-15)32-21(28-13-12-17-4-10-20(34-3)11-5-17)33-23(35)31-19-8-6-18(7-9-19)24(25,26)27/h4-11,14H,12-13H2,1-3H3,(H3,28,29,30,31,32,33,35). The summed E-state index contributed by atoms with van der Waals surface area (Å²) in [7, 11) is 1.61. The minimum atomic E-state index is -4.41. The minimum absolute atomic E-state index is 0.143. The number of anilines is 2. The van der Waals surface area contributed by atoms with Crippen molar-refractivity contribution in [3.8, 4) is 5.75 Å². The number of guanidine groups is 1. The number of alkyl halides is 3. The lowest BCUT2D eigenvalue weighted by atomic mass is 10.1. The quantitative estimate of drug-likeness (QED) is 0.245. The molecule has 0 fully saturated rings. The highest BCUT2D eigenvalue weighted by Crippen LogP contribution is 2.29. The van der Waals surface area contributed by atoms with Gasteiger partial charge in [0.25, 0.3) is 0 Å². The van der Waals surface area contributed by atoms with E-state index >= 15 is 0 Å².